The van der Waals surface area contributed by atoms with Crippen molar-refractivity contribution in [3.8, 4) is 0 Å². The number of halogens is 1. The van der Waals surface area contributed by atoms with Gasteiger partial charge in [-0.15, -0.1) is 0 Å². The van der Waals surface area contributed by atoms with Crippen molar-refractivity contribution in [2.24, 2.45) is 7.05 Å². The molecule has 8 nitrogen and oxygen atoms in total. The van der Waals surface area contributed by atoms with Gasteiger partial charge in [-0.2, -0.15) is 10.2 Å². The van der Waals surface area contributed by atoms with Gasteiger partial charge in [-0.3, -0.25) is 19.0 Å². The lowest BCUT2D eigenvalue weighted by atomic mass is 10.3. The highest BCUT2D eigenvalue weighted by molar-refractivity contribution is 6.34. The van der Waals surface area contributed by atoms with Gasteiger partial charge in [0.15, 0.2) is 0 Å². The third kappa shape index (κ3) is 3.07. The van der Waals surface area contributed by atoms with Gasteiger partial charge in [-0.25, -0.2) is 0 Å². The molecule has 2 amide bonds. The number of hydrogen-bond donors (Lipinski definition) is 1. The maximum atomic E-state index is 12.5. The zero-order chi connectivity index (χ0) is 17.3. The van der Waals surface area contributed by atoms with E-state index in [1.807, 2.05) is 6.92 Å². The van der Waals surface area contributed by atoms with Gasteiger partial charge in [-0.1, -0.05) is 11.6 Å². The summed E-state index contributed by atoms with van der Waals surface area (Å²) in [6.45, 7) is 4.10. The van der Waals surface area contributed by atoms with Gasteiger partial charge in [0.05, 0.1) is 22.6 Å². The fourth-order valence-corrected chi connectivity index (χ4v) is 2.46. The van der Waals surface area contributed by atoms with E-state index in [1.165, 1.54) is 20.5 Å². The van der Waals surface area contributed by atoms with Crippen molar-refractivity contribution in [1.82, 2.24) is 24.5 Å². The number of hydrogen-bond acceptors (Lipinski definition) is 4. The maximum absolute atomic E-state index is 12.5. The van der Waals surface area contributed by atoms with Crippen LogP contribution in [0, 0.1) is 6.92 Å². The van der Waals surface area contributed by atoms with Crippen molar-refractivity contribution in [2.75, 3.05) is 19.4 Å². The Balaban J connectivity index is 2.39. The first-order valence-corrected chi connectivity index (χ1v) is 7.43. The molecule has 0 aliphatic carbocycles. The molecule has 0 aliphatic rings. The normalized spacial score (nSPS) is 10.7. The van der Waals surface area contributed by atoms with Crippen molar-refractivity contribution < 1.29 is 9.59 Å². The van der Waals surface area contributed by atoms with Crippen molar-refractivity contribution in [2.45, 2.75) is 20.4 Å². The molecular formula is C14H19ClN6O2. The average Bonchev–Trinajstić information content (AvgIpc) is 2.99. The molecule has 0 aliphatic heterocycles. The topological polar surface area (TPSA) is 85.0 Å². The predicted molar refractivity (Wildman–Crippen MR) is 86.8 cm³/mol. The van der Waals surface area contributed by atoms with Crippen LogP contribution in [0.15, 0.2) is 6.20 Å². The van der Waals surface area contributed by atoms with Crippen molar-refractivity contribution in [3.05, 3.63) is 28.3 Å². The third-order valence-corrected chi connectivity index (χ3v) is 3.81. The van der Waals surface area contributed by atoms with E-state index in [0.29, 0.717) is 23.6 Å². The van der Waals surface area contributed by atoms with Gasteiger partial charge in [0.25, 0.3) is 11.8 Å². The van der Waals surface area contributed by atoms with Crippen LogP contribution >= 0.6 is 11.6 Å². The molecule has 0 saturated heterocycles. The molecule has 0 atom stereocenters. The van der Waals surface area contributed by atoms with Gasteiger partial charge in [0.2, 0.25) is 0 Å². The Kier molecular flexibility index (Phi) is 4.74. The van der Waals surface area contributed by atoms with Crippen molar-refractivity contribution in [3.63, 3.8) is 0 Å². The summed E-state index contributed by atoms with van der Waals surface area (Å²) in [5, 5.41) is 11.2. The van der Waals surface area contributed by atoms with E-state index in [9.17, 15) is 9.59 Å². The molecule has 0 fully saturated rings. The lowest BCUT2D eigenvalue weighted by molar-refractivity contribution is 0.0816. The largest absolute Gasteiger partial charge is 0.343 e. The molecule has 0 bridgehead atoms. The van der Waals surface area contributed by atoms with Gasteiger partial charge in [0, 0.05) is 27.7 Å². The molecule has 9 heteroatoms. The number of aryl methyl sites for hydroxylation is 3. The maximum Gasteiger partial charge on any atom is 0.275 e. The highest BCUT2D eigenvalue weighted by atomic mass is 35.5. The van der Waals surface area contributed by atoms with Gasteiger partial charge in [0.1, 0.15) is 11.4 Å². The summed E-state index contributed by atoms with van der Waals surface area (Å²) in [5.74, 6) is -0.687. The number of carbonyl (C=O) groups excluding carboxylic acids is 2. The lowest BCUT2D eigenvalue weighted by Gasteiger charge is -2.13. The van der Waals surface area contributed by atoms with E-state index in [-0.39, 0.29) is 16.6 Å². The number of anilines is 1. The Morgan fingerprint density at radius 2 is 2.00 bits per heavy atom. The number of aromatic nitrogens is 4. The minimum atomic E-state index is -0.443. The number of carbonyl (C=O) groups is 2. The molecule has 23 heavy (non-hydrogen) atoms. The molecule has 124 valence electrons. The van der Waals surface area contributed by atoms with Crippen molar-refractivity contribution in [1.29, 1.82) is 0 Å². The molecule has 2 rings (SSSR count). The molecule has 2 aromatic heterocycles. The van der Waals surface area contributed by atoms with Crippen LogP contribution in [-0.2, 0) is 13.6 Å². The zero-order valence-electron chi connectivity index (χ0n) is 13.7. The molecule has 2 aromatic rings. The number of nitrogens with zero attached hydrogens (tertiary/aromatic N) is 5. The highest BCUT2D eigenvalue weighted by Gasteiger charge is 2.24. The summed E-state index contributed by atoms with van der Waals surface area (Å²) in [4.78, 5) is 26.3. The van der Waals surface area contributed by atoms with Gasteiger partial charge < -0.3 is 10.2 Å². The summed E-state index contributed by atoms with van der Waals surface area (Å²) in [5.41, 5.74) is 1.45. The van der Waals surface area contributed by atoms with Crippen LogP contribution in [0.25, 0.3) is 0 Å². The zero-order valence-corrected chi connectivity index (χ0v) is 14.5. The second-order valence-corrected chi connectivity index (χ2v) is 5.63. The summed E-state index contributed by atoms with van der Waals surface area (Å²) >= 11 is 6.12. The summed E-state index contributed by atoms with van der Waals surface area (Å²) in [6.07, 6.45) is 1.45. The Hall–Kier alpha value is -2.35. The number of nitrogens with one attached hydrogen (secondary N) is 1. The quantitative estimate of drug-likeness (QED) is 0.916. The standard InChI is InChI=1S/C14H19ClN6O2/c1-6-21-11(14(23)19(3)4)9(7-16-21)17-13(22)12-10(15)8(2)18-20(12)5/h7H,6H2,1-5H3,(H,17,22). The van der Waals surface area contributed by atoms with Gasteiger partial charge >= 0.3 is 0 Å². The highest BCUT2D eigenvalue weighted by Crippen LogP contribution is 2.22. The molecule has 0 unspecified atom stereocenters. The smallest absolute Gasteiger partial charge is 0.275 e. The van der Waals surface area contributed by atoms with E-state index < -0.39 is 5.91 Å². The lowest BCUT2D eigenvalue weighted by Crippen LogP contribution is -2.27. The Morgan fingerprint density at radius 1 is 1.35 bits per heavy atom. The fraction of sp³-hybridized carbons (Fsp3) is 0.429. The summed E-state index contributed by atoms with van der Waals surface area (Å²) in [7, 11) is 4.92. The van der Waals surface area contributed by atoms with Crippen LogP contribution in [0.2, 0.25) is 5.02 Å². The van der Waals surface area contributed by atoms with Gasteiger partial charge in [-0.05, 0) is 13.8 Å². The molecule has 0 saturated carbocycles. The molecular weight excluding hydrogens is 320 g/mol. The van der Waals surface area contributed by atoms with E-state index >= 15 is 0 Å². The van der Waals surface area contributed by atoms with Crippen LogP contribution in [0.4, 0.5) is 5.69 Å². The second kappa shape index (κ2) is 6.41. The van der Waals surface area contributed by atoms with E-state index in [4.69, 9.17) is 11.6 Å². The fourth-order valence-electron chi connectivity index (χ4n) is 2.21. The Morgan fingerprint density at radius 3 is 2.48 bits per heavy atom. The van der Waals surface area contributed by atoms with Crippen LogP contribution in [0.5, 0.6) is 0 Å². The minimum Gasteiger partial charge on any atom is -0.343 e. The Bertz CT molecular complexity index is 762. The first-order chi connectivity index (χ1) is 10.8. The second-order valence-electron chi connectivity index (χ2n) is 5.25. The Labute approximate surface area is 139 Å². The SMILES string of the molecule is CCn1ncc(NC(=O)c2c(Cl)c(C)nn2C)c1C(=O)N(C)C. The average molecular weight is 339 g/mol. The van der Waals surface area contributed by atoms with E-state index in [1.54, 1.807) is 28.1 Å². The first-order valence-electron chi connectivity index (χ1n) is 7.05. The molecule has 2 heterocycles. The van der Waals surface area contributed by atoms with Crippen molar-refractivity contribution >= 4 is 29.1 Å². The van der Waals surface area contributed by atoms with E-state index in [2.05, 4.69) is 15.5 Å². The monoisotopic (exact) mass is 338 g/mol. The predicted octanol–water partition coefficient (Wildman–Crippen LogP) is 1.55. The van der Waals surface area contributed by atoms with Crippen LogP contribution in [-0.4, -0.2) is 50.4 Å². The number of amides is 2. The van der Waals surface area contributed by atoms with E-state index in [0.717, 1.165) is 0 Å². The van der Waals surface area contributed by atoms with Crippen LogP contribution < -0.4 is 5.32 Å². The summed E-state index contributed by atoms with van der Waals surface area (Å²) < 4.78 is 2.94. The first kappa shape index (κ1) is 17.0. The molecule has 0 radical (unpaired) electrons. The van der Waals surface area contributed by atoms with Crippen LogP contribution in [0.3, 0.4) is 0 Å². The summed E-state index contributed by atoms with van der Waals surface area (Å²) in [6, 6.07) is 0. The molecule has 1 N–H and O–H groups in total. The molecule has 0 spiro atoms. The number of rotatable bonds is 4. The minimum absolute atomic E-state index is 0.233. The molecule has 0 aromatic carbocycles. The third-order valence-electron chi connectivity index (χ3n) is 3.36. The van der Waals surface area contributed by atoms with Crippen LogP contribution in [0.1, 0.15) is 33.6 Å².